The van der Waals surface area contributed by atoms with E-state index >= 15 is 0 Å². The topological polar surface area (TPSA) is 9.23 Å². The van der Waals surface area contributed by atoms with E-state index < -0.39 is 12.3 Å². The molecule has 0 bridgehead atoms. The number of hydrogen-bond donors (Lipinski definition) is 0. The minimum atomic E-state index is -3.90. The molecule has 4 heteroatoms. The van der Waals surface area contributed by atoms with Gasteiger partial charge in [0.05, 0.1) is 6.61 Å². The fourth-order valence-electron chi connectivity index (χ4n) is 6.24. The van der Waals surface area contributed by atoms with Crippen LogP contribution in [0, 0.1) is 11.8 Å². The molecule has 2 saturated carbocycles. The van der Waals surface area contributed by atoms with E-state index in [0.717, 1.165) is 43.6 Å². The minimum Gasteiger partial charge on any atom is -0.313 e. The molecule has 0 aromatic heterocycles. The predicted octanol–water partition coefficient (Wildman–Crippen LogP) is 10.6. The van der Waals surface area contributed by atoms with E-state index in [0.29, 0.717) is 23.3 Å². The second-order valence-corrected chi connectivity index (χ2v) is 11.3. The van der Waals surface area contributed by atoms with Crippen molar-refractivity contribution in [2.75, 3.05) is 0 Å². The number of allylic oxidation sites excluding steroid dienone is 3. The molecule has 0 radical (unpaired) electrons. The van der Waals surface area contributed by atoms with E-state index in [2.05, 4.69) is 25.7 Å². The smallest absolute Gasteiger partial charge is 0.313 e. The number of rotatable bonds is 11. The highest BCUT2D eigenvalue weighted by molar-refractivity contribution is 5.28. The first-order valence-electron chi connectivity index (χ1n) is 14.5. The van der Waals surface area contributed by atoms with Crippen LogP contribution >= 0.6 is 0 Å². The van der Waals surface area contributed by atoms with E-state index in [1.807, 2.05) is 30.3 Å². The lowest BCUT2D eigenvalue weighted by molar-refractivity contribution is -0.282. The lowest BCUT2D eigenvalue weighted by Gasteiger charge is -2.28. The Kier molecular flexibility index (Phi) is 10.3. The van der Waals surface area contributed by atoms with E-state index in [-0.39, 0.29) is 12.2 Å². The molecule has 38 heavy (non-hydrogen) atoms. The molecule has 1 nitrogen and oxygen atoms in total. The summed E-state index contributed by atoms with van der Waals surface area (Å²) in [6.45, 7) is 5.62. The van der Waals surface area contributed by atoms with Gasteiger partial charge in [0, 0.05) is 0 Å². The van der Waals surface area contributed by atoms with Crippen molar-refractivity contribution in [1.29, 1.82) is 0 Å². The summed E-state index contributed by atoms with van der Waals surface area (Å²) in [4.78, 5) is 0. The van der Waals surface area contributed by atoms with Crippen LogP contribution in [0.15, 0.2) is 73.3 Å². The van der Waals surface area contributed by atoms with Crippen LogP contribution < -0.4 is 0 Å². The van der Waals surface area contributed by atoms with Gasteiger partial charge in [0.15, 0.2) is 0 Å². The van der Waals surface area contributed by atoms with E-state index in [4.69, 9.17) is 4.74 Å². The lowest BCUT2D eigenvalue weighted by atomic mass is 9.77. The van der Waals surface area contributed by atoms with Gasteiger partial charge in [0.25, 0.3) is 0 Å². The molecule has 2 aromatic carbocycles. The maximum Gasteiger partial charge on any atom is 0.391 e. The van der Waals surface area contributed by atoms with Gasteiger partial charge in [-0.3, -0.25) is 0 Å². The molecule has 1 unspecified atom stereocenters. The molecular formula is C34H43F3O. The van der Waals surface area contributed by atoms with Crippen molar-refractivity contribution in [3.05, 3.63) is 95.6 Å². The number of ether oxygens (including phenoxy) is 1. The summed E-state index contributed by atoms with van der Waals surface area (Å²) in [6.07, 6.45) is 11.5. The van der Waals surface area contributed by atoms with Crippen molar-refractivity contribution in [2.45, 2.75) is 102 Å². The maximum atomic E-state index is 14.8. The zero-order valence-electron chi connectivity index (χ0n) is 22.8. The first kappa shape index (κ1) is 28.7. The molecule has 0 spiro atoms. The summed E-state index contributed by atoms with van der Waals surface area (Å²) in [5.41, 5.74) is 2.94. The summed E-state index contributed by atoms with van der Waals surface area (Å²) in [5, 5.41) is 0. The molecule has 2 aliphatic rings. The summed E-state index contributed by atoms with van der Waals surface area (Å²) < 4.78 is 48.9. The van der Waals surface area contributed by atoms with Crippen LogP contribution in [-0.2, 0) is 11.3 Å². The van der Waals surface area contributed by atoms with Crippen molar-refractivity contribution in [3.8, 4) is 0 Å². The fourth-order valence-corrected chi connectivity index (χ4v) is 6.24. The molecule has 0 N–H and O–H groups in total. The highest BCUT2D eigenvalue weighted by Gasteiger charge is 2.43. The van der Waals surface area contributed by atoms with E-state index in [1.165, 1.54) is 49.8 Å². The van der Waals surface area contributed by atoms with Crippen LogP contribution in [0.2, 0.25) is 0 Å². The molecule has 206 valence electrons. The van der Waals surface area contributed by atoms with Gasteiger partial charge in [-0.2, -0.15) is 8.78 Å². The van der Waals surface area contributed by atoms with Crippen LogP contribution in [0.3, 0.4) is 0 Å². The summed E-state index contributed by atoms with van der Waals surface area (Å²) >= 11 is 0. The van der Waals surface area contributed by atoms with Crippen molar-refractivity contribution < 1.29 is 17.9 Å². The summed E-state index contributed by atoms with van der Waals surface area (Å²) in [7, 11) is 0. The SMILES string of the molecule is C=CC1CCC(c2ccc(C(F)C(F)(F)OCc3ccc(C4CCC(CCC=CC)CC4)cc3)cc2)CC1. The van der Waals surface area contributed by atoms with Gasteiger partial charge < -0.3 is 4.74 Å². The third kappa shape index (κ3) is 7.62. The normalized spacial score (nSPS) is 25.4. The molecule has 0 amide bonds. The minimum absolute atomic E-state index is 0.0461. The van der Waals surface area contributed by atoms with Crippen LogP contribution in [0.5, 0.6) is 0 Å². The van der Waals surface area contributed by atoms with Gasteiger partial charge in [-0.1, -0.05) is 66.8 Å². The van der Waals surface area contributed by atoms with Crippen molar-refractivity contribution in [1.82, 2.24) is 0 Å². The predicted molar refractivity (Wildman–Crippen MR) is 150 cm³/mol. The number of halogens is 3. The Balaban J connectivity index is 1.25. The highest BCUT2D eigenvalue weighted by atomic mass is 19.3. The molecule has 2 fully saturated rings. The van der Waals surface area contributed by atoms with Crippen LogP contribution in [-0.4, -0.2) is 6.11 Å². The first-order valence-corrected chi connectivity index (χ1v) is 14.5. The van der Waals surface area contributed by atoms with Gasteiger partial charge in [-0.15, -0.1) is 6.58 Å². The van der Waals surface area contributed by atoms with Crippen molar-refractivity contribution in [3.63, 3.8) is 0 Å². The fraction of sp³-hybridized carbons (Fsp3) is 0.529. The molecule has 0 aliphatic heterocycles. The Labute approximate surface area is 227 Å². The molecule has 1 atom stereocenters. The lowest BCUT2D eigenvalue weighted by Crippen LogP contribution is -2.27. The van der Waals surface area contributed by atoms with Crippen LogP contribution in [0.1, 0.15) is 111 Å². The van der Waals surface area contributed by atoms with Crippen LogP contribution in [0.25, 0.3) is 0 Å². The molecule has 0 heterocycles. The number of benzene rings is 2. The van der Waals surface area contributed by atoms with E-state index in [9.17, 15) is 13.2 Å². The Morgan fingerprint density at radius 2 is 1.42 bits per heavy atom. The monoisotopic (exact) mass is 524 g/mol. The molecule has 4 rings (SSSR count). The van der Waals surface area contributed by atoms with Gasteiger partial charge in [0.1, 0.15) is 0 Å². The Morgan fingerprint density at radius 1 is 0.868 bits per heavy atom. The van der Waals surface area contributed by atoms with Gasteiger partial charge >= 0.3 is 6.11 Å². The van der Waals surface area contributed by atoms with Crippen molar-refractivity contribution >= 4 is 0 Å². The van der Waals surface area contributed by atoms with E-state index in [1.54, 1.807) is 12.1 Å². The molecular weight excluding hydrogens is 481 g/mol. The summed E-state index contributed by atoms with van der Waals surface area (Å²) in [6, 6.07) is 14.3. The highest BCUT2D eigenvalue weighted by Crippen LogP contribution is 2.40. The average Bonchev–Trinajstić information content (AvgIpc) is 2.97. The quantitative estimate of drug-likeness (QED) is 0.266. The second kappa shape index (κ2) is 13.6. The standard InChI is InChI=1S/C34H43F3O/c1-3-5-6-7-26-10-16-29(17-11-26)30-18-12-27(13-19-30)24-38-34(36,37)33(35)32-22-20-31(21-23-32)28-14-8-25(4-2)9-15-28/h3-5,12-13,18-23,25-26,28-29,33H,2,6-11,14-17,24H2,1H3. The third-order valence-corrected chi connectivity index (χ3v) is 8.81. The van der Waals surface area contributed by atoms with Gasteiger partial charge in [-0.05, 0) is 117 Å². The zero-order valence-corrected chi connectivity index (χ0v) is 22.8. The van der Waals surface area contributed by atoms with Gasteiger partial charge in [0.2, 0.25) is 6.17 Å². The average molecular weight is 525 g/mol. The maximum absolute atomic E-state index is 14.8. The Bertz CT molecular complexity index is 1010. The zero-order chi connectivity index (χ0) is 27.0. The molecule has 0 saturated heterocycles. The Hall–Kier alpha value is -2.33. The first-order chi connectivity index (χ1) is 18.4. The Morgan fingerprint density at radius 3 is 1.97 bits per heavy atom. The van der Waals surface area contributed by atoms with Gasteiger partial charge in [-0.25, -0.2) is 4.39 Å². The third-order valence-electron chi connectivity index (χ3n) is 8.81. The number of alkyl halides is 3. The second-order valence-electron chi connectivity index (χ2n) is 11.3. The summed E-state index contributed by atoms with van der Waals surface area (Å²) in [5.74, 6) is 2.29. The molecule has 2 aliphatic carbocycles. The number of hydrogen-bond acceptors (Lipinski definition) is 1. The van der Waals surface area contributed by atoms with Crippen LogP contribution in [0.4, 0.5) is 13.2 Å². The largest absolute Gasteiger partial charge is 0.391 e. The van der Waals surface area contributed by atoms with Crippen molar-refractivity contribution in [2.24, 2.45) is 11.8 Å². The molecule has 2 aromatic rings.